The molecule has 2 rings (SSSR count). The van der Waals surface area contributed by atoms with E-state index in [1.54, 1.807) is 0 Å². The van der Waals surface area contributed by atoms with Crippen LogP contribution >= 0.6 is 0 Å². The van der Waals surface area contributed by atoms with Gasteiger partial charge in [0.1, 0.15) is 0 Å². The maximum Gasteiger partial charge on any atom is 0.0376 e. The number of rotatable bonds is 7. The molecule has 3 heteroatoms. The largest absolute Gasteiger partial charge is 0.378 e. The van der Waals surface area contributed by atoms with Crippen molar-refractivity contribution in [3.63, 3.8) is 0 Å². The number of hydrogen-bond donors (Lipinski definition) is 0. The molecule has 2 aliphatic rings. The van der Waals surface area contributed by atoms with E-state index in [0.717, 1.165) is 0 Å². The van der Waals surface area contributed by atoms with E-state index >= 15 is 0 Å². The molecular formula is C17H34N2Si. The minimum Gasteiger partial charge on any atom is -0.378 e. The second-order valence-corrected chi connectivity index (χ2v) is 10.1. The summed E-state index contributed by atoms with van der Waals surface area (Å²) in [6.07, 6.45) is 14.9. The highest BCUT2D eigenvalue weighted by molar-refractivity contribution is 6.57. The standard InChI is InChI=1S/C17H34N2Si/c1-20(16-8-14-18-10-4-2-5-11-18)17-9-15-19-12-6-3-7-13-19/h8,14,20H,2-7,9-13,15-17H2,1H3. The zero-order valence-electron chi connectivity index (χ0n) is 13.5. The fourth-order valence-electron chi connectivity index (χ4n) is 3.47. The highest BCUT2D eigenvalue weighted by atomic mass is 28.3. The first-order valence-corrected chi connectivity index (χ1v) is 11.8. The molecular weight excluding hydrogens is 260 g/mol. The third kappa shape index (κ3) is 6.44. The van der Waals surface area contributed by atoms with Crippen molar-refractivity contribution in [1.29, 1.82) is 0 Å². The monoisotopic (exact) mass is 294 g/mol. The van der Waals surface area contributed by atoms with Gasteiger partial charge in [0.05, 0.1) is 0 Å². The average molecular weight is 295 g/mol. The van der Waals surface area contributed by atoms with Crippen LogP contribution in [-0.2, 0) is 0 Å². The Kier molecular flexibility index (Phi) is 7.74. The summed E-state index contributed by atoms with van der Waals surface area (Å²) in [6.45, 7) is 9.24. The molecule has 2 nitrogen and oxygen atoms in total. The maximum absolute atomic E-state index is 2.69. The quantitative estimate of drug-likeness (QED) is 0.660. The summed E-state index contributed by atoms with van der Waals surface area (Å²) in [5.41, 5.74) is 0. The van der Waals surface area contributed by atoms with E-state index in [0.29, 0.717) is 0 Å². The zero-order valence-corrected chi connectivity index (χ0v) is 14.7. The van der Waals surface area contributed by atoms with E-state index in [-0.39, 0.29) is 0 Å². The molecule has 0 saturated carbocycles. The van der Waals surface area contributed by atoms with E-state index in [1.165, 1.54) is 89.8 Å². The minimum atomic E-state index is -0.486. The molecule has 0 bridgehead atoms. The summed E-state index contributed by atoms with van der Waals surface area (Å²) in [5, 5.41) is 0. The maximum atomic E-state index is 2.69. The first kappa shape index (κ1) is 16.1. The van der Waals surface area contributed by atoms with Gasteiger partial charge in [-0.15, -0.1) is 0 Å². The highest BCUT2D eigenvalue weighted by Gasteiger charge is 2.10. The van der Waals surface area contributed by atoms with Crippen LogP contribution in [0.15, 0.2) is 12.3 Å². The van der Waals surface area contributed by atoms with Gasteiger partial charge in [0, 0.05) is 21.9 Å². The lowest BCUT2D eigenvalue weighted by Gasteiger charge is -2.26. The molecule has 0 aromatic rings. The minimum absolute atomic E-state index is 0.486. The van der Waals surface area contributed by atoms with Crippen LogP contribution in [0.25, 0.3) is 0 Å². The molecule has 1 unspecified atom stereocenters. The van der Waals surface area contributed by atoms with E-state index in [4.69, 9.17) is 0 Å². The molecule has 0 aromatic heterocycles. The van der Waals surface area contributed by atoms with Crippen LogP contribution in [0.4, 0.5) is 0 Å². The first-order valence-electron chi connectivity index (χ1n) is 8.97. The Morgan fingerprint density at radius 2 is 1.55 bits per heavy atom. The van der Waals surface area contributed by atoms with Crippen molar-refractivity contribution in [2.45, 2.75) is 63.6 Å². The highest BCUT2D eigenvalue weighted by Crippen LogP contribution is 2.12. The Morgan fingerprint density at radius 1 is 0.900 bits per heavy atom. The van der Waals surface area contributed by atoms with Crippen molar-refractivity contribution < 1.29 is 0 Å². The van der Waals surface area contributed by atoms with Gasteiger partial charge in [-0.1, -0.05) is 25.1 Å². The summed E-state index contributed by atoms with van der Waals surface area (Å²) < 4.78 is 0. The summed E-state index contributed by atoms with van der Waals surface area (Å²) >= 11 is 0. The normalized spacial score (nSPS) is 23.4. The van der Waals surface area contributed by atoms with Gasteiger partial charge in [-0.05, 0) is 70.4 Å². The molecule has 2 heterocycles. The molecule has 20 heavy (non-hydrogen) atoms. The van der Waals surface area contributed by atoms with Crippen molar-refractivity contribution in [3.05, 3.63) is 12.3 Å². The van der Waals surface area contributed by atoms with Gasteiger partial charge in [-0.3, -0.25) is 0 Å². The van der Waals surface area contributed by atoms with Crippen molar-refractivity contribution in [1.82, 2.24) is 9.80 Å². The van der Waals surface area contributed by atoms with E-state index < -0.39 is 8.80 Å². The summed E-state index contributed by atoms with van der Waals surface area (Å²) in [5.74, 6) is 0. The average Bonchev–Trinajstić information content (AvgIpc) is 2.49. The van der Waals surface area contributed by atoms with Gasteiger partial charge in [-0.25, -0.2) is 0 Å². The molecule has 116 valence electrons. The molecule has 2 saturated heterocycles. The zero-order chi connectivity index (χ0) is 14.0. The lowest BCUT2D eigenvalue weighted by Crippen LogP contribution is -2.30. The van der Waals surface area contributed by atoms with Crippen LogP contribution in [-0.4, -0.2) is 51.3 Å². The topological polar surface area (TPSA) is 6.48 Å². The Labute approximate surface area is 127 Å². The number of hydrogen-bond acceptors (Lipinski definition) is 2. The van der Waals surface area contributed by atoms with Crippen LogP contribution in [0.2, 0.25) is 18.6 Å². The molecule has 0 aromatic carbocycles. The molecule has 1 atom stereocenters. The second kappa shape index (κ2) is 9.62. The van der Waals surface area contributed by atoms with Gasteiger partial charge in [0.2, 0.25) is 0 Å². The predicted octanol–water partition coefficient (Wildman–Crippen LogP) is 3.72. The van der Waals surface area contributed by atoms with Gasteiger partial charge in [-0.2, -0.15) is 0 Å². The Bertz CT molecular complexity index is 268. The number of piperidine rings is 2. The lowest BCUT2D eigenvalue weighted by atomic mass is 10.1. The van der Waals surface area contributed by atoms with Gasteiger partial charge < -0.3 is 9.80 Å². The number of likely N-dealkylation sites (tertiary alicyclic amines) is 2. The number of nitrogens with zero attached hydrogens (tertiary/aromatic N) is 2. The first-order chi connectivity index (χ1) is 9.84. The SMILES string of the molecule is C[SiH](CC=CN1CCCCC1)CCCN1CCCCC1. The smallest absolute Gasteiger partial charge is 0.0376 e. The lowest BCUT2D eigenvalue weighted by molar-refractivity contribution is 0.229. The van der Waals surface area contributed by atoms with Crippen LogP contribution in [0.3, 0.4) is 0 Å². The summed E-state index contributed by atoms with van der Waals surface area (Å²) in [4.78, 5) is 5.21. The van der Waals surface area contributed by atoms with Gasteiger partial charge >= 0.3 is 0 Å². The van der Waals surface area contributed by atoms with Crippen molar-refractivity contribution in [2.75, 3.05) is 32.7 Å². The van der Waals surface area contributed by atoms with Crippen molar-refractivity contribution in [3.8, 4) is 0 Å². The van der Waals surface area contributed by atoms with E-state index in [9.17, 15) is 0 Å². The molecule has 0 spiro atoms. The number of allylic oxidation sites excluding steroid dienone is 1. The van der Waals surface area contributed by atoms with Crippen LogP contribution < -0.4 is 0 Å². The van der Waals surface area contributed by atoms with Crippen LogP contribution in [0.5, 0.6) is 0 Å². The molecule has 0 N–H and O–H groups in total. The fourth-order valence-corrected chi connectivity index (χ4v) is 5.18. The van der Waals surface area contributed by atoms with E-state index in [1.807, 2.05) is 0 Å². The van der Waals surface area contributed by atoms with Crippen LogP contribution in [0, 0.1) is 0 Å². The Hall–Kier alpha value is -0.283. The third-order valence-electron chi connectivity index (χ3n) is 4.87. The second-order valence-electron chi connectivity index (χ2n) is 6.87. The van der Waals surface area contributed by atoms with Crippen LogP contribution in [0.1, 0.15) is 44.9 Å². The molecule has 0 aliphatic carbocycles. The molecule has 2 fully saturated rings. The van der Waals surface area contributed by atoms with Crippen molar-refractivity contribution in [2.24, 2.45) is 0 Å². The molecule has 2 aliphatic heterocycles. The van der Waals surface area contributed by atoms with E-state index in [2.05, 4.69) is 28.6 Å². The fraction of sp³-hybridized carbons (Fsp3) is 0.882. The molecule has 0 amide bonds. The van der Waals surface area contributed by atoms with Crippen molar-refractivity contribution >= 4 is 8.80 Å². The van der Waals surface area contributed by atoms with Gasteiger partial charge in [0.15, 0.2) is 0 Å². The summed E-state index contributed by atoms with van der Waals surface area (Å²) in [6, 6.07) is 2.93. The Balaban J connectivity index is 1.50. The molecule has 0 radical (unpaired) electrons. The summed E-state index contributed by atoms with van der Waals surface area (Å²) in [7, 11) is -0.486. The Morgan fingerprint density at radius 3 is 2.25 bits per heavy atom. The third-order valence-corrected chi connectivity index (χ3v) is 7.34. The predicted molar refractivity (Wildman–Crippen MR) is 92.1 cm³/mol. The van der Waals surface area contributed by atoms with Gasteiger partial charge in [0.25, 0.3) is 0 Å².